The molecule has 7 nitrogen and oxygen atoms in total. The lowest BCUT2D eigenvalue weighted by molar-refractivity contribution is -0.127. The normalized spacial score (nSPS) is 23.2. The fraction of sp³-hybridized carbons (Fsp3) is 0.682. The van der Waals surface area contributed by atoms with Crippen molar-refractivity contribution in [1.29, 1.82) is 0 Å². The molecule has 1 N–H and O–H groups in total. The molecule has 2 saturated heterocycles. The van der Waals surface area contributed by atoms with Crippen molar-refractivity contribution >= 4 is 15.9 Å². The number of likely N-dealkylation sites (N-methyl/N-ethyl adjacent to an activating group) is 1. The van der Waals surface area contributed by atoms with E-state index in [2.05, 4.69) is 34.3 Å². The van der Waals surface area contributed by atoms with Crippen LogP contribution >= 0.6 is 0 Å². The minimum Gasteiger partial charge on any atom is -0.348 e. The van der Waals surface area contributed by atoms with Crippen molar-refractivity contribution in [2.45, 2.75) is 32.2 Å². The van der Waals surface area contributed by atoms with Crippen LogP contribution in [0.2, 0.25) is 0 Å². The quantitative estimate of drug-likeness (QED) is 0.669. The van der Waals surface area contributed by atoms with Crippen LogP contribution in [-0.4, -0.2) is 87.0 Å². The molecule has 1 aromatic carbocycles. The van der Waals surface area contributed by atoms with Gasteiger partial charge in [0.15, 0.2) is 0 Å². The first-order chi connectivity index (χ1) is 14.4. The number of benzene rings is 1. The molecule has 0 radical (unpaired) electrons. The molecule has 0 bridgehead atoms. The highest BCUT2D eigenvalue weighted by Crippen LogP contribution is 2.22. The van der Waals surface area contributed by atoms with Gasteiger partial charge in [0.25, 0.3) is 0 Å². The number of hydrogen-bond donors (Lipinski definition) is 1. The molecule has 0 spiro atoms. The lowest BCUT2D eigenvalue weighted by atomic mass is 9.97. The van der Waals surface area contributed by atoms with Gasteiger partial charge in [-0.2, -0.15) is 0 Å². The van der Waals surface area contributed by atoms with Crippen molar-refractivity contribution in [2.75, 3.05) is 58.6 Å². The second kappa shape index (κ2) is 10.7. The lowest BCUT2D eigenvalue weighted by Crippen LogP contribution is -2.50. The van der Waals surface area contributed by atoms with Gasteiger partial charge in [-0.15, -0.1) is 0 Å². The Balaban J connectivity index is 1.66. The summed E-state index contributed by atoms with van der Waals surface area (Å²) < 4.78 is 26.5. The van der Waals surface area contributed by atoms with Gasteiger partial charge in [-0.1, -0.05) is 37.3 Å². The summed E-state index contributed by atoms with van der Waals surface area (Å²) in [6.07, 6.45) is 2.06. The average Bonchev–Trinajstić information content (AvgIpc) is 2.75. The summed E-state index contributed by atoms with van der Waals surface area (Å²) in [7, 11) is -1.13. The second-order valence-electron chi connectivity index (χ2n) is 8.59. The van der Waals surface area contributed by atoms with Crippen LogP contribution in [0.4, 0.5) is 0 Å². The van der Waals surface area contributed by atoms with Crippen LogP contribution < -0.4 is 5.32 Å². The van der Waals surface area contributed by atoms with Gasteiger partial charge >= 0.3 is 0 Å². The van der Waals surface area contributed by atoms with Crippen LogP contribution in [0.3, 0.4) is 0 Å². The largest absolute Gasteiger partial charge is 0.348 e. The molecule has 1 aromatic rings. The minimum absolute atomic E-state index is 0.0330. The Morgan fingerprint density at radius 3 is 2.50 bits per heavy atom. The molecule has 2 aliphatic rings. The fourth-order valence-electron chi connectivity index (χ4n) is 4.29. The van der Waals surface area contributed by atoms with E-state index in [0.29, 0.717) is 19.5 Å². The molecular formula is C22H36N4O3S. The Kier molecular flexibility index (Phi) is 8.27. The number of nitrogens with zero attached hydrogens (tertiary/aromatic N) is 3. The van der Waals surface area contributed by atoms with Crippen molar-refractivity contribution in [1.82, 2.24) is 19.4 Å². The van der Waals surface area contributed by atoms with E-state index < -0.39 is 10.0 Å². The van der Waals surface area contributed by atoms with Crippen molar-refractivity contribution in [3.8, 4) is 0 Å². The predicted octanol–water partition coefficient (Wildman–Crippen LogP) is 1.54. The number of piperazine rings is 1. The topological polar surface area (TPSA) is 73.0 Å². The van der Waals surface area contributed by atoms with Gasteiger partial charge in [-0.25, -0.2) is 12.7 Å². The second-order valence-corrected chi connectivity index (χ2v) is 10.7. The van der Waals surface area contributed by atoms with E-state index in [1.165, 1.54) is 4.31 Å². The van der Waals surface area contributed by atoms with E-state index in [4.69, 9.17) is 0 Å². The first-order valence-electron chi connectivity index (χ1n) is 11.1. The number of hydrogen-bond acceptors (Lipinski definition) is 5. The lowest BCUT2D eigenvalue weighted by Gasteiger charge is -2.36. The van der Waals surface area contributed by atoms with Crippen molar-refractivity contribution in [2.24, 2.45) is 5.92 Å². The average molecular weight is 437 g/mol. The van der Waals surface area contributed by atoms with Gasteiger partial charge in [0.1, 0.15) is 0 Å². The summed E-state index contributed by atoms with van der Waals surface area (Å²) in [6.45, 7) is 7.50. The molecule has 2 aliphatic heterocycles. The van der Waals surface area contributed by atoms with Gasteiger partial charge in [0, 0.05) is 45.8 Å². The maximum atomic E-state index is 13.1. The number of nitrogens with one attached hydrogen (secondary N) is 1. The van der Waals surface area contributed by atoms with Gasteiger partial charge in [0.05, 0.1) is 17.7 Å². The summed E-state index contributed by atoms with van der Waals surface area (Å²) in [5.74, 6) is -0.171. The molecule has 1 amide bonds. The van der Waals surface area contributed by atoms with Crippen LogP contribution in [-0.2, 0) is 14.8 Å². The van der Waals surface area contributed by atoms with E-state index in [1.54, 1.807) is 0 Å². The molecule has 2 fully saturated rings. The molecule has 2 atom stereocenters. The van der Waals surface area contributed by atoms with Gasteiger partial charge in [-0.05, 0) is 31.9 Å². The maximum absolute atomic E-state index is 13.1. The smallest absolute Gasteiger partial charge is 0.224 e. The number of amides is 1. The fourth-order valence-corrected chi connectivity index (χ4v) is 5.88. The van der Waals surface area contributed by atoms with Crippen LogP contribution in [0.5, 0.6) is 0 Å². The van der Waals surface area contributed by atoms with E-state index in [1.807, 2.05) is 25.1 Å². The molecule has 3 rings (SSSR count). The molecule has 2 unspecified atom stereocenters. The SMILES string of the molecule is CCCS(=O)(=O)N1CCCC(C(=O)NC(CN2CCN(C)CC2)c2ccccc2)C1. The molecular weight excluding hydrogens is 400 g/mol. The summed E-state index contributed by atoms with van der Waals surface area (Å²) >= 11 is 0. The molecule has 0 saturated carbocycles. The van der Waals surface area contributed by atoms with Crippen molar-refractivity contribution < 1.29 is 13.2 Å². The maximum Gasteiger partial charge on any atom is 0.224 e. The van der Waals surface area contributed by atoms with Gasteiger partial charge in [0.2, 0.25) is 15.9 Å². The van der Waals surface area contributed by atoms with Gasteiger partial charge < -0.3 is 10.2 Å². The Morgan fingerprint density at radius 1 is 1.13 bits per heavy atom. The third kappa shape index (κ3) is 6.26. The highest BCUT2D eigenvalue weighted by Gasteiger charge is 2.33. The Morgan fingerprint density at radius 2 is 1.83 bits per heavy atom. The molecule has 2 heterocycles. The zero-order valence-corrected chi connectivity index (χ0v) is 19.1. The van der Waals surface area contributed by atoms with Gasteiger partial charge in [-0.3, -0.25) is 9.69 Å². The first kappa shape index (κ1) is 23.2. The van der Waals surface area contributed by atoms with Crippen molar-refractivity contribution in [3.63, 3.8) is 0 Å². The number of rotatable bonds is 8. The van der Waals surface area contributed by atoms with E-state index in [0.717, 1.165) is 51.1 Å². The predicted molar refractivity (Wildman–Crippen MR) is 120 cm³/mol. The number of carbonyl (C=O) groups excluding carboxylic acids is 1. The van der Waals surface area contributed by atoms with Crippen LogP contribution in [0, 0.1) is 5.92 Å². The molecule has 0 aliphatic carbocycles. The van der Waals surface area contributed by atoms with Crippen molar-refractivity contribution in [3.05, 3.63) is 35.9 Å². The zero-order chi connectivity index (χ0) is 21.6. The first-order valence-corrected chi connectivity index (χ1v) is 12.7. The summed E-state index contributed by atoms with van der Waals surface area (Å²) in [5.41, 5.74) is 1.09. The molecule has 30 heavy (non-hydrogen) atoms. The molecule has 168 valence electrons. The standard InChI is InChI=1S/C22H36N4O3S/c1-3-16-30(28,29)26-11-7-10-20(17-26)22(27)23-21(19-8-5-4-6-9-19)18-25-14-12-24(2)13-15-25/h4-6,8-9,20-21H,3,7,10-18H2,1-2H3,(H,23,27). The summed E-state index contributed by atoms with van der Waals surface area (Å²) in [5, 5.41) is 3.25. The van der Waals surface area contributed by atoms with E-state index >= 15 is 0 Å². The highest BCUT2D eigenvalue weighted by atomic mass is 32.2. The zero-order valence-electron chi connectivity index (χ0n) is 18.3. The number of piperidine rings is 1. The van der Waals surface area contributed by atoms with E-state index in [-0.39, 0.29) is 23.6 Å². The number of carbonyl (C=O) groups is 1. The number of sulfonamides is 1. The summed E-state index contributed by atoms with van der Waals surface area (Å²) in [4.78, 5) is 17.9. The monoisotopic (exact) mass is 436 g/mol. The Bertz CT molecular complexity index is 779. The van der Waals surface area contributed by atoms with E-state index in [9.17, 15) is 13.2 Å². The molecule has 8 heteroatoms. The molecule has 0 aromatic heterocycles. The Labute approximate surface area is 181 Å². The third-order valence-corrected chi connectivity index (χ3v) is 8.21. The van der Waals surface area contributed by atoms with Crippen LogP contribution in [0.15, 0.2) is 30.3 Å². The minimum atomic E-state index is -3.27. The van der Waals surface area contributed by atoms with Crippen LogP contribution in [0.25, 0.3) is 0 Å². The van der Waals surface area contributed by atoms with Crippen LogP contribution in [0.1, 0.15) is 37.8 Å². The Hall–Kier alpha value is -1.48. The highest BCUT2D eigenvalue weighted by molar-refractivity contribution is 7.89. The third-order valence-electron chi connectivity index (χ3n) is 6.17. The summed E-state index contributed by atoms with van der Waals surface area (Å²) in [6, 6.07) is 10.00.